The van der Waals surface area contributed by atoms with E-state index in [1.165, 1.54) is 19.3 Å². The molecule has 0 radical (unpaired) electrons. The van der Waals surface area contributed by atoms with E-state index < -0.39 is 0 Å². The van der Waals surface area contributed by atoms with Crippen molar-refractivity contribution in [2.24, 2.45) is 22.2 Å². The third-order valence-corrected chi connectivity index (χ3v) is 4.52. The Morgan fingerprint density at radius 3 is 2.19 bits per heavy atom. The molecule has 0 aromatic carbocycles. The van der Waals surface area contributed by atoms with Crippen LogP contribution in [0.4, 0.5) is 0 Å². The lowest BCUT2D eigenvalue weighted by Crippen LogP contribution is -2.26. The maximum Gasteiger partial charge on any atom is -0.0134 e. The highest BCUT2D eigenvalue weighted by molar-refractivity contribution is 5.22. The van der Waals surface area contributed by atoms with E-state index in [0.29, 0.717) is 16.2 Å². The minimum absolute atomic E-state index is 0.447. The Morgan fingerprint density at radius 2 is 1.81 bits per heavy atom. The highest BCUT2D eigenvalue weighted by atomic mass is 14.7. The molecule has 0 amide bonds. The molecule has 0 heteroatoms. The average Bonchev–Trinajstić information content (AvgIpc) is 2.68. The van der Waals surface area contributed by atoms with Gasteiger partial charge in [0.15, 0.2) is 0 Å². The summed E-state index contributed by atoms with van der Waals surface area (Å²) < 4.78 is 0. The van der Waals surface area contributed by atoms with E-state index in [1.54, 1.807) is 0 Å². The van der Waals surface area contributed by atoms with Crippen LogP contribution >= 0.6 is 0 Å². The molecular weight excluding hydrogens is 192 g/mol. The summed E-state index contributed by atoms with van der Waals surface area (Å²) in [4.78, 5) is 0. The van der Waals surface area contributed by atoms with Crippen molar-refractivity contribution >= 4 is 0 Å². The Morgan fingerprint density at radius 1 is 1.19 bits per heavy atom. The lowest BCUT2D eigenvalue weighted by Gasteiger charge is -2.34. The first-order chi connectivity index (χ1) is 7.27. The number of hydrogen-bond donors (Lipinski definition) is 0. The number of hydrogen-bond acceptors (Lipinski definition) is 0. The van der Waals surface area contributed by atoms with Crippen LogP contribution in [0.5, 0.6) is 0 Å². The molecule has 0 aromatic heterocycles. The van der Waals surface area contributed by atoms with Gasteiger partial charge in [0.05, 0.1) is 0 Å². The highest BCUT2D eigenvalue weighted by Crippen LogP contribution is 2.72. The Hall–Kier alpha value is -0.520. The maximum absolute atomic E-state index is 2.45. The first-order valence-corrected chi connectivity index (χ1v) is 6.60. The quantitative estimate of drug-likeness (QED) is 0.614. The predicted octanol–water partition coefficient (Wildman–Crippen LogP) is 4.97. The molecule has 0 spiro atoms. The second kappa shape index (κ2) is 3.48. The zero-order valence-corrected chi connectivity index (χ0v) is 11.5. The molecule has 16 heavy (non-hydrogen) atoms. The van der Waals surface area contributed by atoms with Crippen molar-refractivity contribution in [2.45, 2.75) is 53.9 Å². The van der Waals surface area contributed by atoms with E-state index >= 15 is 0 Å². The zero-order chi connectivity index (χ0) is 12.0. The van der Waals surface area contributed by atoms with Crippen LogP contribution in [-0.2, 0) is 0 Å². The fraction of sp³-hybridized carbons (Fsp3) is 0.750. The van der Waals surface area contributed by atoms with Gasteiger partial charge < -0.3 is 0 Å². The van der Waals surface area contributed by atoms with Crippen LogP contribution in [0.15, 0.2) is 24.3 Å². The molecule has 2 aliphatic rings. The summed E-state index contributed by atoms with van der Waals surface area (Å²) in [5, 5.41) is 0. The van der Waals surface area contributed by atoms with Crippen LogP contribution in [0.1, 0.15) is 53.9 Å². The molecule has 1 saturated carbocycles. The molecular formula is C16H26. The van der Waals surface area contributed by atoms with Gasteiger partial charge in [-0.05, 0) is 41.4 Å². The second-order valence-electron chi connectivity index (χ2n) is 7.61. The third-order valence-electron chi connectivity index (χ3n) is 4.52. The third kappa shape index (κ3) is 1.99. The summed E-state index contributed by atoms with van der Waals surface area (Å²) in [7, 11) is 0. The molecule has 2 rings (SSSR count). The number of rotatable bonds is 2. The van der Waals surface area contributed by atoms with Crippen LogP contribution in [-0.4, -0.2) is 0 Å². The zero-order valence-electron chi connectivity index (χ0n) is 11.5. The van der Waals surface area contributed by atoms with Crippen molar-refractivity contribution < 1.29 is 0 Å². The summed E-state index contributed by atoms with van der Waals surface area (Å²) >= 11 is 0. The van der Waals surface area contributed by atoms with Crippen molar-refractivity contribution in [1.29, 1.82) is 0 Å². The average molecular weight is 218 g/mol. The Balaban J connectivity index is 2.19. The molecule has 2 aliphatic carbocycles. The van der Waals surface area contributed by atoms with Crippen molar-refractivity contribution in [1.82, 2.24) is 0 Å². The lowest BCUT2D eigenvalue weighted by molar-refractivity contribution is 0.184. The standard InChI is InChI=1S/C16H26/c1-14(2,3)11-16(12-15(16,4)5)13-9-7-6-8-10-13/h6-9,13H,10-12H2,1-5H3. The van der Waals surface area contributed by atoms with Gasteiger partial charge >= 0.3 is 0 Å². The molecule has 90 valence electrons. The van der Waals surface area contributed by atoms with Crippen LogP contribution in [0.25, 0.3) is 0 Å². The minimum atomic E-state index is 0.447. The first-order valence-electron chi connectivity index (χ1n) is 6.60. The molecule has 0 aliphatic heterocycles. The smallest absolute Gasteiger partial charge is 0.0134 e. The second-order valence-corrected chi connectivity index (χ2v) is 7.61. The SMILES string of the molecule is CC(C)(C)CC1(C2C=CC=CC2)CC1(C)C. The van der Waals surface area contributed by atoms with Gasteiger partial charge in [0, 0.05) is 0 Å². The normalized spacial score (nSPS) is 36.4. The first kappa shape index (κ1) is 12.0. The lowest BCUT2D eigenvalue weighted by atomic mass is 9.70. The van der Waals surface area contributed by atoms with Crippen molar-refractivity contribution in [3.63, 3.8) is 0 Å². The predicted molar refractivity (Wildman–Crippen MR) is 71.3 cm³/mol. The largest absolute Gasteiger partial charge is 0.0839 e. The van der Waals surface area contributed by atoms with Crippen molar-refractivity contribution in [2.75, 3.05) is 0 Å². The van der Waals surface area contributed by atoms with Gasteiger partial charge in [-0.1, -0.05) is 58.9 Å². The van der Waals surface area contributed by atoms with Crippen molar-refractivity contribution in [3.05, 3.63) is 24.3 Å². The molecule has 0 aromatic rings. The highest BCUT2D eigenvalue weighted by Gasteiger charge is 2.64. The van der Waals surface area contributed by atoms with Crippen molar-refractivity contribution in [3.8, 4) is 0 Å². The summed E-state index contributed by atoms with van der Waals surface area (Å²) in [6.07, 6.45) is 13.2. The molecule has 0 N–H and O–H groups in total. The topological polar surface area (TPSA) is 0 Å². The summed E-state index contributed by atoms with van der Waals surface area (Å²) in [5.74, 6) is 0.770. The van der Waals surface area contributed by atoms with Gasteiger partial charge in [-0.25, -0.2) is 0 Å². The van der Waals surface area contributed by atoms with Gasteiger partial charge in [-0.3, -0.25) is 0 Å². The fourth-order valence-corrected chi connectivity index (χ4v) is 3.75. The molecule has 0 heterocycles. The van der Waals surface area contributed by atoms with Crippen LogP contribution in [0.2, 0.25) is 0 Å². The minimum Gasteiger partial charge on any atom is -0.0839 e. The summed E-state index contributed by atoms with van der Waals surface area (Å²) in [5.41, 5.74) is 1.55. The Labute approximate surface area is 101 Å². The molecule has 1 fully saturated rings. The molecule has 0 nitrogen and oxygen atoms in total. The molecule has 2 atom stereocenters. The van der Waals surface area contributed by atoms with E-state index in [2.05, 4.69) is 58.9 Å². The van der Waals surface area contributed by atoms with E-state index in [9.17, 15) is 0 Å². The Bertz CT molecular complexity index is 324. The van der Waals surface area contributed by atoms with Crippen LogP contribution in [0, 0.1) is 22.2 Å². The Kier molecular flexibility index (Phi) is 2.60. The van der Waals surface area contributed by atoms with Gasteiger partial charge in [0.25, 0.3) is 0 Å². The van der Waals surface area contributed by atoms with Crippen LogP contribution in [0.3, 0.4) is 0 Å². The van der Waals surface area contributed by atoms with E-state index in [1.807, 2.05) is 0 Å². The van der Waals surface area contributed by atoms with E-state index in [4.69, 9.17) is 0 Å². The van der Waals surface area contributed by atoms with Gasteiger partial charge in [0.1, 0.15) is 0 Å². The molecule has 2 unspecified atom stereocenters. The monoisotopic (exact) mass is 218 g/mol. The molecule has 0 bridgehead atoms. The van der Waals surface area contributed by atoms with Crippen LogP contribution < -0.4 is 0 Å². The number of allylic oxidation sites excluding steroid dienone is 4. The summed E-state index contributed by atoms with van der Waals surface area (Å²) in [6, 6.07) is 0. The maximum atomic E-state index is 2.45. The van der Waals surface area contributed by atoms with Gasteiger partial charge in [-0.15, -0.1) is 0 Å². The van der Waals surface area contributed by atoms with E-state index in [-0.39, 0.29) is 0 Å². The molecule has 0 saturated heterocycles. The fourth-order valence-electron chi connectivity index (χ4n) is 3.75. The van der Waals surface area contributed by atoms with E-state index in [0.717, 1.165) is 5.92 Å². The van der Waals surface area contributed by atoms with Gasteiger partial charge in [0.2, 0.25) is 0 Å². The summed E-state index contributed by atoms with van der Waals surface area (Å²) in [6.45, 7) is 12.0. The van der Waals surface area contributed by atoms with Gasteiger partial charge in [-0.2, -0.15) is 0 Å².